The summed E-state index contributed by atoms with van der Waals surface area (Å²) in [6.45, 7) is 6.18. The van der Waals surface area contributed by atoms with E-state index in [1.165, 1.54) is 43.2 Å². The minimum absolute atomic E-state index is 0. The van der Waals surface area contributed by atoms with Crippen LogP contribution in [0.3, 0.4) is 0 Å². The molecule has 11 rings (SSSR count). The molecule has 4 fully saturated rings. The van der Waals surface area contributed by atoms with E-state index in [0.717, 1.165) is 45.0 Å². The molecule has 0 unspecified atom stereocenters. The van der Waals surface area contributed by atoms with E-state index in [9.17, 15) is 0 Å². The molecule has 0 amide bonds. The van der Waals surface area contributed by atoms with Gasteiger partial charge in [-0.2, -0.15) is 6.07 Å². The van der Waals surface area contributed by atoms with Crippen molar-refractivity contribution in [3.8, 4) is 28.6 Å². The first-order chi connectivity index (χ1) is 26.2. The van der Waals surface area contributed by atoms with E-state index >= 15 is 8.78 Å². The van der Waals surface area contributed by atoms with E-state index in [-0.39, 0.29) is 49.0 Å². The normalized spacial score (nSPS) is 22.9. The Balaban J connectivity index is 0.00000397. The third kappa shape index (κ3) is 5.84. The SMILES string of the molecule is CC(C)(C)c1ccnc(-c2[c-]c(Oc3[c-]c4c(cc3)c3ccccc3n4-c3cc(C4(c5ccccc5)C5CC6CC(C5)CC4C6)ccn3)c(F)nc2F)c1.[Pt+2]. The van der Waals surface area contributed by atoms with Crippen molar-refractivity contribution in [1.82, 2.24) is 19.5 Å². The van der Waals surface area contributed by atoms with Gasteiger partial charge in [0.2, 0.25) is 0 Å². The Kier molecular flexibility index (Phi) is 8.80. The van der Waals surface area contributed by atoms with Crippen molar-refractivity contribution < 1.29 is 34.6 Å². The van der Waals surface area contributed by atoms with E-state index < -0.39 is 11.9 Å². The van der Waals surface area contributed by atoms with E-state index in [1.54, 1.807) is 18.3 Å². The van der Waals surface area contributed by atoms with E-state index in [2.05, 4.69) is 102 Å². The van der Waals surface area contributed by atoms with Crippen LogP contribution >= 0.6 is 0 Å². The summed E-state index contributed by atoms with van der Waals surface area (Å²) in [5, 5.41) is 2.01. The molecule has 0 spiro atoms. The van der Waals surface area contributed by atoms with Crippen molar-refractivity contribution in [1.29, 1.82) is 0 Å². The molecule has 4 aliphatic carbocycles. The number of aromatic nitrogens is 4. The molecule has 8 heteroatoms. The van der Waals surface area contributed by atoms with E-state index in [1.807, 2.05) is 30.5 Å². The Morgan fingerprint density at radius 1 is 0.727 bits per heavy atom. The van der Waals surface area contributed by atoms with E-state index in [4.69, 9.17) is 9.72 Å². The second-order valence-electron chi connectivity index (χ2n) is 16.7. The fourth-order valence-corrected chi connectivity index (χ4v) is 10.5. The van der Waals surface area contributed by atoms with Crippen LogP contribution in [0.2, 0.25) is 0 Å². The summed E-state index contributed by atoms with van der Waals surface area (Å²) in [6, 6.07) is 37.5. The molecule has 3 aromatic carbocycles. The molecule has 4 saturated carbocycles. The number of hydrogen-bond acceptors (Lipinski definition) is 4. The molecule has 5 nitrogen and oxygen atoms in total. The summed E-state index contributed by atoms with van der Waals surface area (Å²) in [4.78, 5) is 12.9. The van der Waals surface area contributed by atoms with Gasteiger partial charge >= 0.3 is 21.1 Å². The van der Waals surface area contributed by atoms with Crippen LogP contribution in [0.1, 0.15) is 69.6 Å². The summed E-state index contributed by atoms with van der Waals surface area (Å²) in [6.07, 6.45) is 10.1. The van der Waals surface area contributed by atoms with Crippen LogP contribution < -0.4 is 4.74 Å². The molecule has 4 heterocycles. The number of pyridine rings is 3. The van der Waals surface area contributed by atoms with Crippen molar-refractivity contribution >= 4 is 21.8 Å². The summed E-state index contributed by atoms with van der Waals surface area (Å²) in [5.41, 5.74) is 5.37. The van der Waals surface area contributed by atoms with Crippen molar-refractivity contribution in [2.75, 3.05) is 0 Å². The van der Waals surface area contributed by atoms with Crippen molar-refractivity contribution in [2.45, 2.75) is 63.7 Å². The number of benzene rings is 3. The van der Waals surface area contributed by atoms with Gasteiger partial charge in [-0.15, -0.1) is 17.5 Å². The molecule has 4 aromatic heterocycles. The zero-order chi connectivity index (χ0) is 36.8. The molecule has 278 valence electrons. The number of nitrogens with zero attached hydrogens (tertiary/aromatic N) is 4. The van der Waals surface area contributed by atoms with Crippen LogP contribution in [0, 0.1) is 47.7 Å². The van der Waals surface area contributed by atoms with Crippen molar-refractivity contribution in [2.24, 2.45) is 23.7 Å². The zero-order valence-corrected chi connectivity index (χ0v) is 33.2. The molecular weight excluding hydrogens is 870 g/mol. The maximum atomic E-state index is 15.3. The second-order valence-corrected chi connectivity index (χ2v) is 16.7. The van der Waals surface area contributed by atoms with Gasteiger partial charge in [-0.1, -0.05) is 92.5 Å². The predicted molar refractivity (Wildman–Crippen MR) is 207 cm³/mol. The van der Waals surface area contributed by atoms with Gasteiger partial charge in [0.15, 0.2) is 5.95 Å². The van der Waals surface area contributed by atoms with Gasteiger partial charge in [0.1, 0.15) is 11.8 Å². The molecule has 4 bridgehead atoms. The summed E-state index contributed by atoms with van der Waals surface area (Å²) >= 11 is 0. The first kappa shape index (κ1) is 35.9. The fraction of sp³-hybridized carbons (Fsp3) is 0.298. The van der Waals surface area contributed by atoms with Gasteiger partial charge in [-0.3, -0.25) is 4.98 Å². The first-order valence-electron chi connectivity index (χ1n) is 19.1. The van der Waals surface area contributed by atoms with Crippen LogP contribution in [0.15, 0.2) is 103 Å². The average molecular weight is 910 g/mol. The van der Waals surface area contributed by atoms with Gasteiger partial charge in [0.05, 0.1) is 5.75 Å². The van der Waals surface area contributed by atoms with Crippen molar-refractivity contribution in [3.63, 3.8) is 0 Å². The molecule has 7 aromatic rings. The molecule has 0 radical (unpaired) electrons. The Morgan fingerprint density at radius 2 is 1.44 bits per heavy atom. The van der Waals surface area contributed by atoms with Crippen molar-refractivity contribution in [3.05, 3.63) is 144 Å². The summed E-state index contributed by atoms with van der Waals surface area (Å²) < 4.78 is 38.7. The number of ether oxygens (including phenoxy) is 1. The number of halogens is 2. The molecular formula is C47H40F2N4OPt. The monoisotopic (exact) mass is 909 g/mol. The standard InChI is InChI=1S/C47H40F2N4O.Pt/c1-46(2,3)31-15-17-50-39(24-31)38-27-42(45(49)52-44(38)48)54-35-13-14-37-36-11-7-8-12-40(36)53(41(37)26-35)43-25-32(16-18-51-43)47(30-9-5-4-6-10-30)33-20-28-19-29(22-33)23-34(47)21-28;/h4-18,24-25,28-29,33-34H,19-23H2,1-3H3;/q-2;+2. The van der Waals surface area contributed by atoms with Crippen LogP contribution in [-0.2, 0) is 31.9 Å². The van der Waals surface area contributed by atoms with Crippen LogP contribution in [0.4, 0.5) is 8.78 Å². The van der Waals surface area contributed by atoms with Crippen LogP contribution in [0.5, 0.6) is 11.5 Å². The van der Waals surface area contributed by atoms with Gasteiger partial charge in [0.25, 0.3) is 0 Å². The minimum atomic E-state index is -1.10. The number of para-hydroxylation sites is 1. The van der Waals surface area contributed by atoms with Crippen LogP contribution in [0.25, 0.3) is 38.9 Å². The molecule has 0 N–H and O–H groups in total. The van der Waals surface area contributed by atoms with Gasteiger partial charge in [-0.05, 0) is 113 Å². The maximum Gasteiger partial charge on any atom is 2.00 e. The number of fused-ring (bicyclic) bond motifs is 3. The smallest absolute Gasteiger partial charge is 0.498 e. The Bertz CT molecular complexity index is 2550. The van der Waals surface area contributed by atoms with Gasteiger partial charge in [0, 0.05) is 29.1 Å². The summed E-state index contributed by atoms with van der Waals surface area (Å²) in [7, 11) is 0. The van der Waals surface area contributed by atoms with Gasteiger partial charge < -0.3 is 14.3 Å². The Morgan fingerprint density at radius 3 is 2.18 bits per heavy atom. The molecule has 0 aliphatic heterocycles. The zero-order valence-electron chi connectivity index (χ0n) is 30.9. The molecule has 4 aliphatic rings. The first-order valence-corrected chi connectivity index (χ1v) is 19.1. The number of hydrogen-bond donors (Lipinski definition) is 0. The molecule has 0 atom stereocenters. The number of rotatable bonds is 6. The predicted octanol–water partition coefficient (Wildman–Crippen LogP) is 11.3. The largest absolute Gasteiger partial charge is 2.00 e. The van der Waals surface area contributed by atoms with E-state index in [0.29, 0.717) is 17.5 Å². The fourth-order valence-electron chi connectivity index (χ4n) is 10.5. The Labute approximate surface area is 334 Å². The molecule has 55 heavy (non-hydrogen) atoms. The summed E-state index contributed by atoms with van der Waals surface area (Å²) in [5.74, 6) is 1.43. The Hall–Kier alpha value is -4.74. The minimum Gasteiger partial charge on any atom is -0.498 e. The maximum absolute atomic E-state index is 15.3. The van der Waals surface area contributed by atoms with Gasteiger partial charge in [-0.25, -0.2) is 13.8 Å². The van der Waals surface area contributed by atoms with Crippen LogP contribution in [-0.4, -0.2) is 19.5 Å². The third-order valence-electron chi connectivity index (χ3n) is 12.6. The average Bonchev–Trinajstić information content (AvgIpc) is 3.49. The second kappa shape index (κ2) is 13.5. The topological polar surface area (TPSA) is 52.8 Å². The quantitative estimate of drug-likeness (QED) is 0.123. The third-order valence-corrected chi connectivity index (χ3v) is 12.6. The molecule has 0 saturated heterocycles.